The third-order valence-corrected chi connectivity index (χ3v) is 5.47. The second-order valence-corrected chi connectivity index (χ2v) is 7.50. The van der Waals surface area contributed by atoms with Gasteiger partial charge in [0.25, 0.3) is 5.91 Å². The molecular formula is C21H22N4OS. The zero-order valence-electron chi connectivity index (χ0n) is 15.3. The van der Waals surface area contributed by atoms with E-state index in [0.29, 0.717) is 18.8 Å². The summed E-state index contributed by atoms with van der Waals surface area (Å²) in [7, 11) is 0. The van der Waals surface area contributed by atoms with Gasteiger partial charge in [-0.05, 0) is 31.2 Å². The van der Waals surface area contributed by atoms with E-state index < -0.39 is 0 Å². The zero-order valence-corrected chi connectivity index (χ0v) is 16.1. The maximum Gasteiger partial charge on any atom is 0.273 e. The van der Waals surface area contributed by atoms with Crippen LogP contribution in [-0.4, -0.2) is 42.0 Å². The number of hydrogen-bond donors (Lipinski definition) is 1. The Balaban J connectivity index is 1.36. The van der Waals surface area contributed by atoms with Gasteiger partial charge in [0.2, 0.25) is 0 Å². The molecule has 1 aliphatic heterocycles. The van der Waals surface area contributed by atoms with Crippen LogP contribution < -0.4 is 10.2 Å². The molecule has 1 amide bonds. The Morgan fingerprint density at radius 3 is 2.41 bits per heavy atom. The molecule has 4 rings (SSSR count). The molecule has 0 unspecified atom stereocenters. The molecule has 3 aromatic rings. The number of aryl methyl sites for hydroxylation is 1. The lowest BCUT2D eigenvalue weighted by Gasteiger charge is -2.35. The largest absolute Gasteiger partial charge is 0.368 e. The third kappa shape index (κ3) is 4.11. The second-order valence-electron chi connectivity index (χ2n) is 6.64. The molecule has 1 aromatic heterocycles. The van der Waals surface area contributed by atoms with Crippen molar-refractivity contribution in [1.29, 1.82) is 0 Å². The van der Waals surface area contributed by atoms with Gasteiger partial charge in [0.05, 0.1) is 0 Å². The Labute approximate surface area is 163 Å². The molecule has 0 aliphatic carbocycles. The Morgan fingerprint density at radius 2 is 1.70 bits per heavy atom. The molecule has 5 nitrogen and oxygen atoms in total. The molecule has 138 valence electrons. The second kappa shape index (κ2) is 7.80. The number of hydrogen-bond acceptors (Lipinski definition) is 5. The van der Waals surface area contributed by atoms with Crippen molar-refractivity contribution in [3.8, 4) is 0 Å². The molecule has 1 N–H and O–H groups in total. The van der Waals surface area contributed by atoms with Gasteiger partial charge in [-0.1, -0.05) is 35.9 Å². The number of nitrogens with one attached hydrogen (secondary N) is 1. The first-order chi connectivity index (χ1) is 13.2. The van der Waals surface area contributed by atoms with Gasteiger partial charge in [0, 0.05) is 42.9 Å². The number of thiazole rings is 1. The number of piperazine rings is 1. The number of nitrogens with zero attached hydrogens (tertiary/aromatic N) is 3. The average Bonchev–Trinajstić information content (AvgIpc) is 3.18. The first-order valence-electron chi connectivity index (χ1n) is 9.07. The maximum absolute atomic E-state index is 12.8. The molecule has 1 fully saturated rings. The van der Waals surface area contributed by atoms with Gasteiger partial charge in [0.15, 0.2) is 5.13 Å². The number of rotatable bonds is 4. The number of para-hydroxylation sites is 1. The van der Waals surface area contributed by atoms with Gasteiger partial charge < -0.3 is 15.1 Å². The Kier molecular flexibility index (Phi) is 5.07. The molecule has 1 aliphatic rings. The van der Waals surface area contributed by atoms with Crippen LogP contribution in [0.15, 0.2) is 60.0 Å². The fourth-order valence-electron chi connectivity index (χ4n) is 3.16. The molecule has 0 saturated carbocycles. The van der Waals surface area contributed by atoms with Gasteiger partial charge in [-0.3, -0.25) is 4.79 Å². The van der Waals surface area contributed by atoms with Crippen molar-refractivity contribution in [3.05, 3.63) is 71.2 Å². The topological polar surface area (TPSA) is 48.5 Å². The predicted octanol–water partition coefficient (Wildman–Crippen LogP) is 4.16. The minimum Gasteiger partial charge on any atom is -0.368 e. The highest BCUT2D eigenvalue weighted by Gasteiger charge is 2.24. The first-order valence-corrected chi connectivity index (χ1v) is 9.95. The molecule has 27 heavy (non-hydrogen) atoms. The summed E-state index contributed by atoms with van der Waals surface area (Å²) in [6, 6.07) is 18.5. The number of amides is 1. The Hall–Kier alpha value is -2.86. The fourth-order valence-corrected chi connectivity index (χ4v) is 3.86. The summed E-state index contributed by atoms with van der Waals surface area (Å²) in [5.41, 5.74) is 3.92. The van der Waals surface area contributed by atoms with E-state index in [-0.39, 0.29) is 5.91 Å². The lowest BCUT2D eigenvalue weighted by Crippen LogP contribution is -2.48. The molecule has 0 bridgehead atoms. The third-order valence-electron chi connectivity index (χ3n) is 4.71. The molecule has 0 spiro atoms. The van der Waals surface area contributed by atoms with E-state index in [4.69, 9.17) is 0 Å². The molecular weight excluding hydrogens is 356 g/mol. The van der Waals surface area contributed by atoms with Crippen molar-refractivity contribution >= 4 is 33.8 Å². The molecule has 2 heterocycles. The van der Waals surface area contributed by atoms with Crippen LogP contribution in [0.1, 0.15) is 16.1 Å². The van der Waals surface area contributed by atoms with Gasteiger partial charge in [-0.2, -0.15) is 0 Å². The normalized spacial score (nSPS) is 14.3. The summed E-state index contributed by atoms with van der Waals surface area (Å²) in [4.78, 5) is 21.5. The molecule has 0 atom stereocenters. The molecule has 2 aromatic carbocycles. The zero-order chi connectivity index (χ0) is 18.6. The first kappa shape index (κ1) is 17.5. The Morgan fingerprint density at radius 1 is 1.00 bits per heavy atom. The maximum atomic E-state index is 12.8. The van der Waals surface area contributed by atoms with Crippen LogP contribution in [0.25, 0.3) is 0 Å². The van der Waals surface area contributed by atoms with Crippen molar-refractivity contribution in [2.24, 2.45) is 0 Å². The van der Waals surface area contributed by atoms with Crippen molar-refractivity contribution in [1.82, 2.24) is 9.88 Å². The van der Waals surface area contributed by atoms with E-state index in [1.165, 1.54) is 22.6 Å². The van der Waals surface area contributed by atoms with Crippen LogP contribution in [0.4, 0.5) is 16.5 Å². The summed E-state index contributed by atoms with van der Waals surface area (Å²) in [6.07, 6.45) is 0. The van der Waals surface area contributed by atoms with Crippen LogP contribution >= 0.6 is 11.3 Å². The van der Waals surface area contributed by atoms with E-state index in [9.17, 15) is 4.79 Å². The number of aromatic nitrogens is 1. The number of anilines is 3. The van der Waals surface area contributed by atoms with E-state index in [1.807, 2.05) is 52.7 Å². The quantitative estimate of drug-likeness (QED) is 0.741. The van der Waals surface area contributed by atoms with E-state index in [2.05, 4.69) is 34.3 Å². The van der Waals surface area contributed by atoms with Crippen LogP contribution in [0.5, 0.6) is 0 Å². The Bertz CT molecular complexity index is 899. The smallest absolute Gasteiger partial charge is 0.273 e. The highest BCUT2D eigenvalue weighted by Crippen LogP contribution is 2.23. The summed E-state index contributed by atoms with van der Waals surface area (Å²) in [5.74, 6) is 0.0101. The number of carbonyl (C=O) groups is 1. The van der Waals surface area contributed by atoms with Crippen LogP contribution in [0.3, 0.4) is 0 Å². The van der Waals surface area contributed by atoms with Crippen molar-refractivity contribution in [3.63, 3.8) is 0 Å². The molecule has 1 saturated heterocycles. The van der Waals surface area contributed by atoms with Gasteiger partial charge >= 0.3 is 0 Å². The van der Waals surface area contributed by atoms with E-state index >= 15 is 0 Å². The summed E-state index contributed by atoms with van der Waals surface area (Å²) < 4.78 is 0. The van der Waals surface area contributed by atoms with Crippen molar-refractivity contribution < 1.29 is 4.79 Å². The monoisotopic (exact) mass is 378 g/mol. The lowest BCUT2D eigenvalue weighted by atomic mass is 10.2. The van der Waals surface area contributed by atoms with Gasteiger partial charge in [-0.25, -0.2) is 4.98 Å². The summed E-state index contributed by atoms with van der Waals surface area (Å²) in [5, 5.41) is 5.84. The summed E-state index contributed by atoms with van der Waals surface area (Å²) in [6.45, 7) is 5.17. The van der Waals surface area contributed by atoms with Gasteiger partial charge in [-0.15, -0.1) is 11.3 Å². The van der Waals surface area contributed by atoms with Gasteiger partial charge in [0.1, 0.15) is 5.69 Å². The SMILES string of the molecule is Cc1ccc(Nc2nc(C(=O)N3CCN(c4ccccc4)CC3)cs2)cc1. The van der Waals surface area contributed by atoms with E-state index in [1.54, 1.807) is 0 Å². The molecule has 6 heteroatoms. The predicted molar refractivity (Wildman–Crippen MR) is 111 cm³/mol. The van der Waals surface area contributed by atoms with Crippen LogP contribution in [0.2, 0.25) is 0 Å². The molecule has 0 radical (unpaired) electrons. The number of benzene rings is 2. The highest BCUT2D eigenvalue weighted by molar-refractivity contribution is 7.14. The summed E-state index contributed by atoms with van der Waals surface area (Å²) >= 11 is 1.46. The van der Waals surface area contributed by atoms with E-state index in [0.717, 1.165) is 23.9 Å². The standard InChI is InChI=1S/C21H22N4OS/c1-16-7-9-17(10-8-16)22-21-23-19(15-27-21)20(26)25-13-11-24(12-14-25)18-5-3-2-4-6-18/h2-10,15H,11-14H2,1H3,(H,22,23). The minimum atomic E-state index is 0.0101. The van der Waals surface area contributed by atoms with Crippen molar-refractivity contribution in [2.75, 3.05) is 36.4 Å². The average molecular weight is 379 g/mol. The lowest BCUT2D eigenvalue weighted by molar-refractivity contribution is 0.0742. The van der Waals surface area contributed by atoms with Crippen LogP contribution in [-0.2, 0) is 0 Å². The number of carbonyl (C=O) groups excluding carboxylic acids is 1. The fraction of sp³-hybridized carbons (Fsp3) is 0.238. The minimum absolute atomic E-state index is 0.0101. The highest BCUT2D eigenvalue weighted by atomic mass is 32.1. The van der Waals surface area contributed by atoms with Crippen LogP contribution in [0, 0.1) is 6.92 Å². The van der Waals surface area contributed by atoms with Crippen molar-refractivity contribution in [2.45, 2.75) is 6.92 Å².